The highest BCUT2D eigenvalue weighted by atomic mass is 35.5. The first-order valence-corrected chi connectivity index (χ1v) is 7.33. The predicted molar refractivity (Wildman–Crippen MR) is 84.4 cm³/mol. The van der Waals surface area contributed by atoms with Gasteiger partial charge in [-0.25, -0.2) is 0 Å². The molecule has 0 saturated carbocycles. The Labute approximate surface area is 144 Å². The predicted octanol–water partition coefficient (Wildman–Crippen LogP) is 2.00. The van der Waals surface area contributed by atoms with Crippen molar-refractivity contribution >= 4 is 18.3 Å². The van der Waals surface area contributed by atoms with E-state index in [1.54, 1.807) is 0 Å². The molecule has 1 aliphatic heterocycles. The minimum absolute atomic E-state index is 0. The average Bonchev–Trinajstić information content (AvgIpc) is 2.52. The Kier molecular flexibility index (Phi) is 8.30. The summed E-state index contributed by atoms with van der Waals surface area (Å²) in [5, 5.41) is 5.83. The molecule has 1 atom stereocenters. The molecule has 2 rings (SSSR count). The van der Waals surface area contributed by atoms with Crippen LogP contribution in [0.5, 0.6) is 5.75 Å². The van der Waals surface area contributed by atoms with E-state index in [0.717, 1.165) is 18.7 Å². The van der Waals surface area contributed by atoms with Crippen molar-refractivity contribution in [1.82, 2.24) is 10.6 Å². The first kappa shape index (κ1) is 20.5. The van der Waals surface area contributed by atoms with Gasteiger partial charge in [-0.1, -0.05) is 6.07 Å². The van der Waals surface area contributed by atoms with Crippen LogP contribution in [0.1, 0.15) is 12.0 Å². The van der Waals surface area contributed by atoms with Gasteiger partial charge in [0, 0.05) is 19.0 Å². The standard InChI is InChI=1S/C15H19F3N2O3.ClH/c16-15(17,18)11-2-1-3-13(8-11)23-7-5-20-14(21)9-12-10-22-6-4-19-12;/h1-3,8,12,19H,4-7,9-10H2,(H,20,21);1H. The van der Waals surface area contributed by atoms with E-state index >= 15 is 0 Å². The molecule has 1 aromatic carbocycles. The van der Waals surface area contributed by atoms with Crippen LogP contribution in [0.25, 0.3) is 0 Å². The Morgan fingerprint density at radius 1 is 1.42 bits per heavy atom. The van der Waals surface area contributed by atoms with Crippen LogP contribution in [0.4, 0.5) is 13.2 Å². The number of halogens is 4. The van der Waals surface area contributed by atoms with Crippen molar-refractivity contribution in [3.8, 4) is 5.75 Å². The summed E-state index contributed by atoms with van der Waals surface area (Å²) >= 11 is 0. The zero-order chi connectivity index (χ0) is 16.7. The first-order valence-electron chi connectivity index (χ1n) is 7.33. The summed E-state index contributed by atoms with van der Waals surface area (Å²) in [5.41, 5.74) is -0.762. The van der Waals surface area contributed by atoms with Gasteiger partial charge in [-0.3, -0.25) is 4.79 Å². The summed E-state index contributed by atoms with van der Waals surface area (Å²) in [4.78, 5) is 11.7. The molecular formula is C15H20ClF3N2O3. The molecule has 9 heteroatoms. The third-order valence-corrected chi connectivity index (χ3v) is 3.28. The third-order valence-electron chi connectivity index (χ3n) is 3.28. The first-order chi connectivity index (χ1) is 10.9. The highest BCUT2D eigenvalue weighted by molar-refractivity contribution is 5.85. The number of hydrogen-bond donors (Lipinski definition) is 2. The number of nitrogens with one attached hydrogen (secondary N) is 2. The van der Waals surface area contributed by atoms with Gasteiger partial charge in [0.15, 0.2) is 0 Å². The SMILES string of the molecule is Cl.O=C(CC1COCCN1)NCCOc1cccc(C(F)(F)F)c1. The van der Waals surface area contributed by atoms with E-state index in [9.17, 15) is 18.0 Å². The van der Waals surface area contributed by atoms with E-state index in [4.69, 9.17) is 9.47 Å². The summed E-state index contributed by atoms with van der Waals surface area (Å²) in [7, 11) is 0. The lowest BCUT2D eigenvalue weighted by atomic mass is 10.2. The second kappa shape index (κ2) is 9.71. The van der Waals surface area contributed by atoms with Crippen LogP contribution in [0, 0.1) is 0 Å². The molecule has 0 aromatic heterocycles. The summed E-state index contributed by atoms with van der Waals surface area (Å²) in [6.07, 6.45) is -4.10. The van der Waals surface area contributed by atoms with Gasteiger partial charge < -0.3 is 20.1 Å². The molecule has 24 heavy (non-hydrogen) atoms. The smallest absolute Gasteiger partial charge is 0.416 e. The molecule has 0 spiro atoms. The van der Waals surface area contributed by atoms with Crippen LogP contribution in [-0.2, 0) is 15.7 Å². The zero-order valence-corrected chi connectivity index (χ0v) is 13.7. The number of carbonyl (C=O) groups is 1. The number of amides is 1. The molecule has 0 aliphatic carbocycles. The van der Waals surface area contributed by atoms with E-state index in [-0.39, 0.29) is 43.3 Å². The molecule has 5 nitrogen and oxygen atoms in total. The van der Waals surface area contributed by atoms with Crippen molar-refractivity contribution in [3.05, 3.63) is 29.8 Å². The highest BCUT2D eigenvalue weighted by Gasteiger charge is 2.30. The molecule has 1 aliphatic rings. The number of benzene rings is 1. The molecule has 1 heterocycles. The van der Waals surface area contributed by atoms with Crippen molar-refractivity contribution in [2.75, 3.05) is 32.9 Å². The fraction of sp³-hybridized carbons (Fsp3) is 0.533. The number of rotatable bonds is 6. The normalized spacial score (nSPS) is 17.7. The molecule has 1 aromatic rings. The van der Waals surface area contributed by atoms with Gasteiger partial charge in [-0.2, -0.15) is 13.2 Å². The van der Waals surface area contributed by atoms with Crippen LogP contribution >= 0.6 is 12.4 Å². The second-order valence-corrected chi connectivity index (χ2v) is 5.15. The Morgan fingerprint density at radius 2 is 2.21 bits per heavy atom. The fourth-order valence-electron chi connectivity index (χ4n) is 2.17. The molecular weight excluding hydrogens is 349 g/mol. The number of carbonyl (C=O) groups excluding carboxylic acids is 1. The van der Waals surface area contributed by atoms with E-state index < -0.39 is 11.7 Å². The van der Waals surface area contributed by atoms with E-state index in [1.807, 2.05) is 0 Å². The van der Waals surface area contributed by atoms with Crippen molar-refractivity contribution in [2.45, 2.75) is 18.6 Å². The van der Waals surface area contributed by atoms with Crippen LogP contribution < -0.4 is 15.4 Å². The van der Waals surface area contributed by atoms with Gasteiger partial charge in [0.2, 0.25) is 5.91 Å². The van der Waals surface area contributed by atoms with Crippen molar-refractivity contribution in [3.63, 3.8) is 0 Å². The molecule has 0 bridgehead atoms. The lowest BCUT2D eigenvalue weighted by molar-refractivity contribution is -0.137. The summed E-state index contributed by atoms with van der Waals surface area (Å²) in [6.45, 7) is 2.18. The maximum absolute atomic E-state index is 12.6. The zero-order valence-electron chi connectivity index (χ0n) is 12.9. The van der Waals surface area contributed by atoms with Crippen molar-refractivity contribution in [2.24, 2.45) is 0 Å². The quantitative estimate of drug-likeness (QED) is 0.754. The van der Waals surface area contributed by atoms with Crippen molar-refractivity contribution in [1.29, 1.82) is 0 Å². The third kappa shape index (κ3) is 6.94. The summed E-state index contributed by atoms with van der Waals surface area (Å²) < 4.78 is 48.1. The summed E-state index contributed by atoms with van der Waals surface area (Å²) in [5.74, 6) is -0.0305. The van der Waals surface area contributed by atoms with Gasteiger partial charge >= 0.3 is 6.18 Å². The molecule has 1 unspecified atom stereocenters. The number of morpholine rings is 1. The van der Waals surface area contributed by atoms with E-state index in [2.05, 4.69) is 10.6 Å². The van der Waals surface area contributed by atoms with E-state index in [1.165, 1.54) is 12.1 Å². The Bertz CT molecular complexity index is 523. The maximum Gasteiger partial charge on any atom is 0.416 e. The van der Waals surface area contributed by atoms with Crippen LogP contribution in [0.2, 0.25) is 0 Å². The van der Waals surface area contributed by atoms with Crippen molar-refractivity contribution < 1.29 is 27.4 Å². The largest absolute Gasteiger partial charge is 0.492 e. The Morgan fingerprint density at radius 3 is 2.88 bits per heavy atom. The maximum atomic E-state index is 12.6. The van der Waals surface area contributed by atoms with Crippen LogP contribution in [-0.4, -0.2) is 44.9 Å². The lowest BCUT2D eigenvalue weighted by Gasteiger charge is -2.23. The molecule has 1 fully saturated rings. The van der Waals surface area contributed by atoms with Crippen LogP contribution in [0.15, 0.2) is 24.3 Å². The molecule has 136 valence electrons. The Balaban J connectivity index is 0.00000288. The number of hydrogen-bond acceptors (Lipinski definition) is 4. The minimum Gasteiger partial charge on any atom is -0.492 e. The minimum atomic E-state index is -4.40. The Hall–Kier alpha value is -1.51. The number of ether oxygens (including phenoxy) is 2. The monoisotopic (exact) mass is 368 g/mol. The van der Waals surface area contributed by atoms with E-state index in [0.29, 0.717) is 19.6 Å². The van der Waals surface area contributed by atoms with Crippen LogP contribution in [0.3, 0.4) is 0 Å². The molecule has 2 N–H and O–H groups in total. The molecule has 1 amide bonds. The highest BCUT2D eigenvalue weighted by Crippen LogP contribution is 2.31. The average molecular weight is 369 g/mol. The van der Waals surface area contributed by atoms with Gasteiger partial charge in [0.05, 0.1) is 25.3 Å². The molecule has 1 saturated heterocycles. The van der Waals surface area contributed by atoms with Gasteiger partial charge in [-0.15, -0.1) is 12.4 Å². The lowest BCUT2D eigenvalue weighted by Crippen LogP contribution is -2.44. The fourth-order valence-corrected chi connectivity index (χ4v) is 2.17. The van der Waals surface area contributed by atoms with Gasteiger partial charge in [-0.05, 0) is 18.2 Å². The summed E-state index contributed by atoms with van der Waals surface area (Å²) in [6, 6.07) is 4.64. The topological polar surface area (TPSA) is 59.6 Å². The van der Waals surface area contributed by atoms with Gasteiger partial charge in [0.1, 0.15) is 12.4 Å². The molecule has 0 radical (unpaired) electrons. The number of alkyl halides is 3. The second-order valence-electron chi connectivity index (χ2n) is 5.15. The van der Waals surface area contributed by atoms with Gasteiger partial charge in [0.25, 0.3) is 0 Å².